The number of hydrogen-bond acceptors (Lipinski definition) is 6. The number of benzene rings is 3. The van der Waals surface area contributed by atoms with E-state index in [1.165, 1.54) is 12.0 Å². The number of rotatable bonds is 8. The number of Topliss-reactive ketones (excluding diaryl/α,β-unsaturated/α-hetero) is 1. The fraction of sp³-hybridized carbons (Fsp3) is 0.290. The molecule has 1 aliphatic rings. The van der Waals surface area contributed by atoms with Crippen molar-refractivity contribution in [2.45, 2.75) is 26.8 Å². The van der Waals surface area contributed by atoms with Gasteiger partial charge in [-0.3, -0.25) is 14.5 Å². The van der Waals surface area contributed by atoms with Crippen LogP contribution in [-0.2, 0) is 9.59 Å². The number of carbonyl (C=O) groups is 2. The van der Waals surface area contributed by atoms with Crippen LogP contribution >= 0.6 is 0 Å². The highest BCUT2D eigenvalue weighted by Crippen LogP contribution is 2.44. The molecule has 1 heterocycles. The lowest BCUT2D eigenvalue weighted by Gasteiger charge is -2.27. The van der Waals surface area contributed by atoms with Gasteiger partial charge < -0.3 is 19.6 Å². The molecule has 7 heteroatoms. The summed E-state index contributed by atoms with van der Waals surface area (Å²) < 4.78 is 5.48. The summed E-state index contributed by atoms with van der Waals surface area (Å²) in [7, 11) is 5.39. The van der Waals surface area contributed by atoms with Crippen molar-refractivity contribution in [3.8, 4) is 5.75 Å². The molecule has 0 spiro atoms. The lowest BCUT2D eigenvalue weighted by molar-refractivity contribution is -0.132. The van der Waals surface area contributed by atoms with E-state index in [2.05, 4.69) is 18.7 Å². The topological polar surface area (TPSA) is 73.3 Å². The molecule has 1 aliphatic heterocycles. The van der Waals surface area contributed by atoms with Gasteiger partial charge in [-0.25, -0.2) is 0 Å². The summed E-state index contributed by atoms with van der Waals surface area (Å²) in [5, 5.41) is 11.6. The Morgan fingerprint density at radius 2 is 1.53 bits per heavy atom. The molecule has 1 amide bonds. The monoisotopic (exact) mass is 513 g/mol. The lowest BCUT2D eigenvalue weighted by atomic mass is 9.94. The summed E-state index contributed by atoms with van der Waals surface area (Å²) in [6.07, 6.45) is 0. The molecule has 1 N–H and O–H groups in total. The van der Waals surface area contributed by atoms with Crippen molar-refractivity contribution in [3.05, 3.63) is 89.0 Å². The van der Waals surface area contributed by atoms with Gasteiger partial charge >= 0.3 is 0 Å². The molecule has 38 heavy (non-hydrogen) atoms. The molecular weight excluding hydrogens is 478 g/mol. The van der Waals surface area contributed by atoms with Crippen LogP contribution < -0.4 is 19.4 Å². The Labute approximate surface area is 224 Å². The number of aliphatic hydroxyl groups is 1. The first-order chi connectivity index (χ1) is 18.2. The summed E-state index contributed by atoms with van der Waals surface area (Å²) in [4.78, 5) is 32.7. The zero-order valence-corrected chi connectivity index (χ0v) is 22.9. The van der Waals surface area contributed by atoms with Crippen molar-refractivity contribution in [1.29, 1.82) is 0 Å². The molecule has 0 aromatic heterocycles. The zero-order valence-electron chi connectivity index (χ0n) is 22.9. The lowest BCUT2D eigenvalue weighted by Crippen LogP contribution is -2.29. The van der Waals surface area contributed by atoms with Gasteiger partial charge in [-0.15, -0.1) is 0 Å². The number of carbonyl (C=O) groups excluding carboxylic acids is 2. The van der Waals surface area contributed by atoms with E-state index in [4.69, 9.17) is 4.74 Å². The second-order valence-electron chi connectivity index (χ2n) is 9.55. The Balaban J connectivity index is 1.92. The maximum atomic E-state index is 13.5. The van der Waals surface area contributed by atoms with E-state index in [1.807, 2.05) is 80.5 Å². The quantitative estimate of drug-likeness (QED) is 0.242. The Kier molecular flexibility index (Phi) is 7.76. The van der Waals surface area contributed by atoms with Gasteiger partial charge in [0.1, 0.15) is 11.5 Å². The molecule has 3 aromatic carbocycles. The smallest absolute Gasteiger partial charge is 0.300 e. The molecule has 0 bridgehead atoms. The summed E-state index contributed by atoms with van der Waals surface area (Å²) in [6.45, 7) is 7.81. The summed E-state index contributed by atoms with van der Waals surface area (Å²) in [5.41, 5.74) is 4.61. The van der Waals surface area contributed by atoms with Gasteiger partial charge in [0.25, 0.3) is 11.7 Å². The normalized spacial score (nSPS) is 16.6. The van der Waals surface area contributed by atoms with E-state index in [1.54, 1.807) is 12.1 Å². The van der Waals surface area contributed by atoms with Gasteiger partial charge in [0.2, 0.25) is 0 Å². The standard InChI is InChI=1S/C31H35N3O4/c1-7-33(8-2)23-12-10-21(11-13-23)28-27(29(35)25-19-20(3)9-18-26(25)38-6)30(36)31(37)34(28)24-16-14-22(15-17-24)32(4)5/h9-19,28,35H,7-8H2,1-6H3/b29-27+. The Hall–Kier alpha value is -4.26. The number of aliphatic hydroxyl groups excluding tert-OH is 1. The molecule has 1 saturated heterocycles. The van der Waals surface area contributed by atoms with Crippen LogP contribution in [0.5, 0.6) is 5.75 Å². The predicted octanol–water partition coefficient (Wildman–Crippen LogP) is 5.54. The highest BCUT2D eigenvalue weighted by Gasteiger charge is 2.47. The maximum absolute atomic E-state index is 13.5. The molecule has 0 radical (unpaired) electrons. The number of ketones is 1. The third-order valence-corrected chi connectivity index (χ3v) is 7.04. The second kappa shape index (κ2) is 11.0. The van der Waals surface area contributed by atoms with Crippen molar-refractivity contribution in [1.82, 2.24) is 0 Å². The van der Waals surface area contributed by atoms with Crippen molar-refractivity contribution in [3.63, 3.8) is 0 Å². The van der Waals surface area contributed by atoms with E-state index in [-0.39, 0.29) is 11.3 Å². The van der Waals surface area contributed by atoms with Crippen LogP contribution in [0.25, 0.3) is 5.76 Å². The largest absolute Gasteiger partial charge is 0.507 e. The van der Waals surface area contributed by atoms with Gasteiger partial charge in [0.05, 0.1) is 24.3 Å². The van der Waals surface area contributed by atoms with Crippen LogP contribution in [0.4, 0.5) is 17.1 Å². The van der Waals surface area contributed by atoms with Crippen LogP contribution in [0.2, 0.25) is 0 Å². The molecule has 1 atom stereocenters. The molecule has 4 rings (SSSR count). The summed E-state index contributed by atoms with van der Waals surface area (Å²) >= 11 is 0. The minimum Gasteiger partial charge on any atom is -0.507 e. The number of aryl methyl sites for hydroxylation is 1. The molecule has 0 saturated carbocycles. The maximum Gasteiger partial charge on any atom is 0.300 e. The number of hydrogen-bond donors (Lipinski definition) is 1. The minimum absolute atomic E-state index is 0.0335. The molecule has 3 aromatic rings. The molecular formula is C31H35N3O4. The molecule has 0 aliphatic carbocycles. The number of amides is 1. The van der Waals surface area contributed by atoms with Gasteiger partial charge in [0.15, 0.2) is 0 Å². The zero-order chi connectivity index (χ0) is 27.6. The van der Waals surface area contributed by atoms with Crippen molar-refractivity contribution >= 4 is 34.5 Å². The summed E-state index contributed by atoms with van der Waals surface area (Å²) in [6, 6.07) is 19.8. The Morgan fingerprint density at radius 1 is 0.921 bits per heavy atom. The third-order valence-electron chi connectivity index (χ3n) is 7.04. The van der Waals surface area contributed by atoms with Crippen molar-refractivity contribution < 1.29 is 19.4 Å². The third kappa shape index (κ3) is 4.84. The SMILES string of the molecule is CCN(CC)c1ccc(C2/C(=C(\O)c3cc(C)ccc3OC)C(=O)C(=O)N2c2ccc(N(C)C)cc2)cc1. The number of anilines is 3. The van der Waals surface area contributed by atoms with E-state index in [0.717, 1.165) is 35.6 Å². The Morgan fingerprint density at radius 3 is 2.08 bits per heavy atom. The number of nitrogens with zero attached hydrogens (tertiary/aromatic N) is 3. The molecule has 7 nitrogen and oxygen atoms in total. The fourth-order valence-corrected chi connectivity index (χ4v) is 4.93. The van der Waals surface area contributed by atoms with Gasteiger partial charge in [0, 0.05) is 44.2 Å². The first-order valence-corrected chi connectivity index (χ1v) is 12.8. The first kappa shape index (κ1) is 26.8. The van der Waals surface area contributed by atoms with E-state index < -0.39 is 17.7 Å². The first-order valence-electron chi connectivity index (χ1n) is 12.8. The van der Waals surface area contributed by atoms with E-state index in [0.29, 0.717) is 17.0 Å². The Bertz CT molecular complexity index is 1360. The van der Waals surface area contributed by atoms with Crippen molar-refractivity contribution in [2.24, 2.45) is 0 Å². The minimum atomic E-state index is -0.809. The van der Waals surface area contributed by atoms with Crippen LogP contribution in [-0.4, -0.2) is 51.1 Å². The highest BCUT2D eigenvalue weighted by molar-refractivity contribution is 6.51. The van der Waals surface area contributed by atoms with Gasteiger partial charge in [-0.05, 0) is 74.9 Å². The van der Waals surface area contributed by atoms with Gasteiger partial charge in [-0.1, -0.05) is 23.8 Å². The predicted molar refractivity (Wildman–Crippen MR) is 153 cm³/mol. The van der Waals surface area contributed by atoms with Crippen LogP contribution in [0, 0.1) is 6.92 Å². The van der Waals surface area contributed by atoms with E-state index >= 15 is 0 Å². The number of methoxy groups -OCH3 is 1. The number of ether oxygens (including phenoxy) is 1. The molecule has 1 unspecified atom stereocenters. The summed E-state index contributed by atoms with van der Waals surface area (Å²) in [5.74, 6) is -1.26. The highest BCUT2D eigenvalue weighted by atomic mass is 16.5. The molecule has 1 fully saturated rings. The van der Waals surface area contributed by atoms with Gasteiger partial charge in [-0.2, -0.15) is 0 Å². The molecule has 198 valence electrons. The van der Waals surface area contributed by atoms with Crippen molar-refractivity contribution in [2.75, 3.05) is 49.0 Å². The second-order valence-corrected chi connectivity index (χ2v) is 9.55. The van der Waals surface area contributed by atoms with E-state index in [9.17, 15) is 14.7 Å². The van der Waals surface area contributed by atoms with Crippen LogP contribution in [0.15, 0.2) is 72.3 Å². The average Bonchev–Trinajstić information content (AvgIpc) is 3.19. The van der Waals surface area contributed by atoms with Crippen LogP contribution in [0.3, 0.4) is 0 Å². The van der Waals surface area contributed by atoms with Crippen LogP contribution in [0.1, 0.15) is 36.6 Å². The fourth-order valence-electron chi connectivity index (χ4n) is 4.93. The average molecular weight is 514 g/mol.